The Hall–Kier alpha value is -2.51. The molecule has 0 spiro atoms. The highest BCUT2D eigenvalue weighted by atomic mass is 16.3. The zero-order chi connectivity index (χ0) is 14.4. The molecule has 4 heteroatoms. The molecule has 2 aromatic rings. The first-order valence-corrected chi connectivity index (χ1v) is 6.26. The first kappa shape index (κ1) is 13.9. The number of nitrogens with one attached hydrogen (secondary N) is 1. The van der Waals surface area contributed by atoms with Gasteiger partial charge in [-0.3, -0.25) is 4.79 Å². The molecular formula is C16H15NO3. The van der Waals surface area contributed by atoms with Gasteiger partial charge in [-0.15, -0.1) is 0 Å². The van der Waals surface area contributed by atoms with Crippen LogP contribution in [0, 0.1) is 18.8 Å². The summed E-state index contributed by atoms with van der Waals surface area (Å²) in [5, 5.41) is 11.5. The number of carbonyl (C=O) groups excluding carboxylic acids is 1. The van der Waals surface area contributed by atoms with Crippen LogP contribution in [0.4, 0.5) is 5.69 Å². The molecule has 0 radical (unpaired) electrons. The van der Waals surface area contributed by atoms with Crippen LogP contribution in [0.5, 0.6) is 0 Å². The van der Waals surface area contributed by atoms with E-state index in [0.717, 1.165) is 11.1 Å². The van der Waals surface area contributed by atoms with Gasteiger partial charge in [0.2, 0.25) is 0 Å². The van der Waals surface area contributed by atoms with Crippen molar-refractivity contribution in [3.63, 3.8) is 0 Å². The van der Waals surface area contributed by atoms with Crippen molar-refractivity contribution in [1.82, 2.24) is 0 Å². The standard InChI is InChI=1S/C16H15NO3/c1-12-7-8-14(11-13(12)5-2-3-9-18)17-16(19)15-6-4-10-20-15/h4,6-8,10-11,18H,3,9H2,1H3,(H,17,19). The van der Waals surface area contributed by atoms with Gasteiger partial charge in [0, 0.05) is 17.7 Å². The lowest BCUT2D eigenvalue weighted by Gasteiger charge is -2.05. The summed E-state index contributed by atoms with van der Waals surface area (Å²) in [5.41, 5.74) is 2.51. The number of anilines is 1. The van der Waals surface area contributed by atoms with Crippen molar-refractivity contribution in [2.45, 2.75) is 13.3 Å². The molecule has 0 aliphatic carbocycles. The van der Waals surface area contributed by atoms with Crippen LogP contribution in [-0.2, 0) is 0 Å². The van der Waals surface area contributed by atoms with Crippen molar-refractivity contribution in [2.75, 3.05) is 11.9 Å². The van der Waals surface area contributed by atoms with Crippen LogP contribution in [-0.4, -0.2) is 17.6 Å². The number of furan rings is 1. The van der Waals surface area contributed by atoms with Crippen LogP contribution >= 0.6 is 0 Å². The molecule has 20 heavy (non-hydrogen) atoms. The van der Waals surface area contributed by atoms with E-state index in [1.165, 1.54) is 6.26 Å². The Kier molecular flexibility index (Phi) is 4.59. The monoisotopic (exact) mass is 269 g/mol. The van der Waals surface area contributed by atoms with E-state index in [4.69, 9.17) is 9.52 Å². The average molecular weight is 269 g/mol. The highest BCUT2D eigenvalue weighted by molar-refractivity contribution is 6.02. The van der Waals surface area contributed by atoms with Gasteiger partial charge < -0.3 is 14.8 Å². The molecule has 0 bridgehead atoms. The fourth-order valence-electron chi connectivity index (χ4n) is 1.65. The third kappa shape index (κ3) is 3.50. The molecule has 2 N–H and O–H groups in total. The summed E-state index contributed by atoms with van der Waals surface area (Å²) in [6, 6.07) is 8.77. The summed E-state index contributed by atoms with van der Waals surface area (Å²) in [6.45, 7) is 1.99. The summed E-state index contributed by atoms with van der Waals surface area (Å²) in [4.78, 5) is 11.9. The predicted molar refractivity (Wildman–Crippen MR) is 76.4 cm³/mol. The van der Waals surface area contributed by atoms with Crippen molar-refractivity contribution >= 4 is 11.6 Å². The fraction of sp³-hybridized carbons (Fsp3) is 0.188. The highest BCUT2D eigenvalue weighted by Crippen LogP contribution is 2.15. The molecule has 1 aromatic carbocycles. The van der Waals surface area contributed by atoms with E-state index in [0.29, 0.717) is 12.1 Å². The Morgan fingerprint density at radius 1 is 1.40 bits per heavy atom. The van der Waals surface area contributed by atoms with E-state index < -0.39 is 0 Å². The van der Waals surface area contributed by atoms with Crippen LogP contribution in [0.1, 0.15) is 28.1 Å². The third-order valence-corrected chi connectivity index (χ3v) is 2.70. The summed E-state index contributed by atoms with van der Waals surface area (Å²) in [6.07, 6.45) is 1.89. The first-order chi connectivity index (χ1) is 9.70. The number of rotatable bonds is 3. The van der Waals surface area contributed by atoms with Crippen LogP contribution < -0.4 is 5.32 Å². The van der Waals surface area contributed by atoms with E-state index in [-0.39, 0.29) is 18.3 Å². The molecule has 1 amide bonds. The lowest BCUT2D eigenvalue weighted by Crippen LogP contribution is -2.10. The number of aliphatic hydroxyl groups is 1. The van der Waals surface area contributed by atoms with Crippen molar-refractivity contribution in [3.05, 3.63) is 53.5 Å². The predicted octanol–water partition coefficient (Wildman–Crippen LogP) is 2.57. The summed E-state index contributed by atoms with van der Waals surface area (Å²) >= 11 is 0. The average Bonchev–Trinajstić information content (AvgIpc) is 2.96. The minimum atomic E-state index is -0.298. The van der Waals surface area contributed by atoms with Crippen molar-refractivity contribution in [3.8, 4) is 11.8 Å². The molecule has 0 atom stereocenters. The molecule has 0 fully saturated rings. The molecule has 102 valence electrons. The zero-order valence-electron chi connectivity index (χ0n) is 11.1. The minimum absolute atomic E-state index is 0.0426. The smallest absolute Gasteiger partial charge is 0.291 e. The van der Waals surface area contributed by atoms with E-state index in [9.17, 15) is 4.79 Å². The summed E-state index contributed by atoms with van der Waals surface area (Å²) < 4.78 is 5.03. The normalized spacial score (nSPS) is 9.70. The van der Waals surface area contributed by atoms with Gasteiger partial charge in [0.25, 0.3) is 5.91 Å². The number of hydrogen-bond acceptors (Lipinski definition) is 3. The van der Waals surface area contributed by atoms with Gasteiger partial charge in [-0.2, -0.15) is 0 Å². The molecule has 0 saturated heterocycles. The lowest BCUT2D eigenvalue weighted by atomic mass is 10.1. The van der Waals surface area contributed by atoms with Crippen LogP contribution in [0.2, 0.25) is 0 Å². The maximum Gasteiger partial charge on any atom is 0.291 e. The number of aliphatic hydroxyl groups excluding tert-OH is 1. The second-order valence-corrected chi connectivity index (χ2v) is 4.24. The minimum Gasteiger partial charge on any atom is -0.459 e. The maximum atomic E-state index is 11.9. The lowest BCUT2D eigenvalue weighted by molar-refractivity contribution is 0.0996. The SMILES string of the molecule is Cc1ccc(NC(=O)c2ccco2)cc1C#CCCO. The highest BCUT2D eigenvalue weighted by Gasteiger charge is 2.09. The van der Waals surface area contributed by atoms with E-state index in [2.05, 4.69) is 17.2 Å². The number of benzene rings is 1. The van der Waals surface area contributed by atoms with Gasteiger partial charge >= 0.3 is 0 Å². The van der Waals surface area contributed by atoms with E-state index >= 15 is 0 Å². The Morgan fingerprint density at radius 3 is 2.95 bits per heavy atom. The van der Waals surface area contributed by atoms with Crippen molar-refractivity contribution in [2.24, 2.45) is 0 Å². The van der Waals surface area contributed by atoms with E-state index in [1.807, 2.05) is 19.1 Å². The Morgan fingerprint density at radius 2 is 2.25 bits per heavy atom. The fourth-order valence-corrected chi connectivity index (χ4v) is 1.65. The first-order valence-electron chi connectivity index (χ1n) is 6.26. The molecule has 2 rings (SSSR count). The number of amides is 1. The molecule has 1 aromatic heterocycles. The van der Waals surface area contributed by atoms with Crippen LogP contribution in [0.3, 0.4) is 0 Å². The van der Waals surface area contributed by atoms with Gasteiger partial charge in [0.15, 0.2) is 5.76 Å². The van der Waals surface area contributed by atoms with Gasteiger partial charge in [0.1, 0.15) is 0 Å². The van der Waals surface area contributed by atoms with Crippen LogP contribution in [0.25, 0.3) is 0 Å². The van der Waals surface area contributed by atoms with Crippen molar-refractivity contribution < 1.29 is 14.3 Å². The molecule has 0 aliphatic heterocycles. The Labute approximate surface area is 117 Å². The van der Waals surface area contributed by atoms with Crippen molar-refractivity contribution in [1.29, 1.82) is 0 Å². The molecule has 0 aliphatic rings. The number of hydrogen-bond donors (Lipinski definition) is 2. The topological polar surface area (TPSA) is 62.5 Å². The largest absolute Gasteiger partial charge is 0.459 e. The van der Waals surface area contributed by atoms with Crippen LogP contribution in [0.15, 0.2) is 41.0 Å². The second kappa shape index (κ2) is 6.60. The van der Waals surface area contributed by atoms with Gasteiger partial charge in [0.05, 0.1) is 12.9 Å². The second-order valence-electron chi connectivity index (χ2n) is 4.24. The molecule has 4 nitrogen and oxygen atoms in total. The summed E-state index contributed by atoms with van der Waals surface area (Å²) in [7, 11) is 0. The summed E-state index contributed by atoms with van der Waals surface area (Å²) in [5.74, 6) is 5.81. The zero-order valence-corrected chi connectivity index (χ0v) is 11.1. The molecule has 0 unspecified atom stereocenters. The number of aryl methyl sites for hydroxylation is 1. The van der Waals surface area contributed by atoms with Gasteiger partial charge in [-0.1, -0.05) is 17.9 Å². The Bertz CT molecular complexity index is 648. The molecule has 0 saturated carbocycles. The maximum absolute atomic E-state index is 11.9. The Balaban J connectivity index is 2.15. The quantitative estimate of drug-likeness (QED) is 0.842. The molecular weight excluding hydrogens is 254 g/mol. The van der Waals surface area contributed by atoms with E-state index in [1.54, 1.807) is 18.2 Å². The van der Waals surface area contributed by atoms with Gasteiger partial charge in [-0.05, 0) is 36.8 Å². The third-order valence-electron chi connectivity index (χ3n) is 2.70. The molecule has 1 heterocycles. The van der Waals surface area contributed by atoms with Gasteiger partial charge in [-0.25, -0.2) is 0 Å². The number of carbonyl (C=O) groups is 1.